The Morgan fingerprint density at radius 2 is 2.14 bits per heavy atom. The topological polar surface area (TPSA) is 34.9 Å². The summed E-state index contributed by atoms with van der Waals surface area (Å²) in [5.41, 5.74) is 1.75. The Morgan fingerprint density at radius 1 is 1.36 bits per heavy atom. The first-order valence-electron chi connectivity index (χ1n) is 4.69. The minimum atomic E-state index is 0.0391. The molecule has 2 rings (SSSR count). The molecule has 0 spiro atoms. The van der Waals surface area contributed by atoms with E-state index in [0.29, 0.717) is 5.39 Å². The summed E-state index contributed by atoms with van der Waals surface area (Å²) >= 11 is 0. The first-order valence-corrected chi connectivity index (χ1v) is 4.69. The van der Waals surface area contributed by atoms with E-state index in [2.05, 4.69) is 4.98 Å². The van der Waals surface area contributed by atoms with E-state index in [1.165, 1.54) is 0 Å². The molecule has 0 atom stereocenters. The van der Waals surface area contributed by atoms with Gasteiger partial charge in [0, 0.05) is 24.5 Å². The Balaban J connectivity index is 2.92. The fourth-order valence-corrected chi connectivity index (χ4v) is 1.53. The lowest BCUT2D eigenvalue weighted by molar-refractivity contribution is 0.775. The number of hydrogen-bond acceptors (Lipinski definition) is 2. The van der Waals surface area contributed by atoms with Crippen molar-refractivity contribution in [3.05, 3.63) is 40.3 Å². The molecule has 0 N–H and O–H groups in total. The molecule has 0 aliphatic rings. The normalized spacial score (nSPS) is 10.7. The summed E-state index contributed by atoms with van der Waals surface area (Å²) < 4.78 is 1.98. The van der Waals surface area contributed by atoms with Crippen molar-refractivity contribution in [3.8, 4) is 0 Å². The summed E-state index contributed by atoms with van der Waals surface area (Å²) in [7, 11) is 0. The molecule has 0 bridgehead atoms. The number of aromatic nitrogens is 2. The largest absolute Gasteiger partial charge is 0.333 e. The van der Waals surface area contributed by atoms with Gasteiger partial charge in [0.2, 0.25) is 0 Å². The minimum absolute atomic E-state index is 0.0391. The second kappa shape index (κ2) is 3.25. The van der Waals surface area contributed by atoms with Gasteiger partial charge in [-0.2, -0.15) is 0 Å². The number of pyridine rings is 2. The lowest BCUT2D eigenvalue weighted by Gasteiger charge is -2.06. The van der Waals surface area contributed by atoms with E-state index < -0.39 is 0 Å². The van der Waals surface area contributed by atoms with Crippen LogP contribution in [0.4, 0.5) is 0 Å². The molecule has 3 nitrogen and oxygen atoms in total. The van der Waals surface area contributed by atoms with Crippen LogP contribution in [0, 0.1) is 6.92 Å². The molecule has 0 aliphatic heterocycles. The Kier molecular flexibility index (Phi) is 2.08. The zero-order chi connectivity index (χ0) is 10.1. The molecule has 14 heavy (non-hydrogen) atoms. The molecule has 72 valence electrons. The van der Waals surface area contributed by atoms with Crippen molar-refractivity contribution in [2.45, 2.75) is 20.4 Å². The van der Waals surface area contributed by atoms with E-state index >= 15 is 0 Å². The standard InChI is InChI=1S/C11H12N2O/c1-3-13-7-6-10(14)9-5-4-8(2)12-11(9)13/h4-7H,3H2,1-2H3. The number of fused-ring (bicyclic) bond motifs is 1. The summed E-state index contributed by atoms with van der Waals surface area (Å²) in [6, 6.07) is 5.29. The number of rotatable bonds is 1. The molecule has 0 saturated carbocycles. The molecule has 2 aromatic heterocycles. The van der Waals surface area contributed by atoms with Crippen molar-refractivity contribution in [1.82, 2.24) is 9.55 Å². The van der Waals surface area contributed by atoms with E-state index in [0.717, 1.165) is 17.9 Å². The molecule has 0 saturated heterocycles. The molecule has 2 heterocycles. The van der Waals surface area contributed by atoms with Gasteiger partial charge in [-0.25, -0.2) is 4.98 Å². The second-order valence-corrected chi connectivity index (χ2v) is 3.29. The molecular weight excluding hydrogens is 176 g/mol. The van der Waals surface area contributed by atoms with Gasteiger partial charge in [-0.3, -0.25) is 4.79 Å². The first kappa shape index (κ1) is 8.94. The Morgan fingerprint density at radius 3 is 2.86 bits per heavy atom. The van der Waals surface area contributed by atoms with Gasteiger partial charge in [0.25, 0.3) is 0 Å². The monoisotopic (exact) mass is 188 g/mol. The number of aryl methyl sites for hydroxylation is 2. The van der Waals surface area contributed by atoms with Crippen molar-refractivity contribution in [2.24, 2.45) is 0 Å². The molecule has 3 heteroatoms. The number of nitrogens with zero attached hydrogens (tertiary/aromatic N) is 2. The van der Waals surface area contributed by atoms with Crippen molar-refractivity contribution >= 4 is 11.0 Å². The van der Waals surface area contributed by atoms with Crippen LogP contribution in [0.5, 0.6) is 0 Å². The Bertz CT molecular complexity index is 528. The maximum atomic E-state index is 11.5. The Labute approximate surface area is 82.0 Å². The van der Waals surface area contributed by atoms with Crippen molar-refractivity contribution < 1.29 is 0 Å². The van der Waals surface area contributed by atoms with E-state index in [1.54, 1.807) is 12.3 Å². The van der Waals surface area contributed by atoms with Crippen LogP contribution in [-0.2, 0) is 6.54 Å². The maximum absolute atomic E-state index is 11.5. The quantitative estimate of drug-likeness (QED) is 0.683. The van der Waals surface area contributed by atoms with Crippen LogP contribution in [-0.4, -0.2) is 9.55 Å². The van der Waals surface area contributed by atoms with Gasteiger partial charge in [-0.15, -0.1) is 0 Å². The van der Waals surface area contributed by atoms with Crippen LogP contribution in [0.2, 0.25) is 0 Å². The van der Waals surface area contributed by atoms with Crippen LogP contribution in [0.25, 0.3) is 11.0 Å². The van der Waals surface area contributed by atoms with Crippen LogP contribution in [0.15, 0.2) is 29.2 Å². The Hall–Kier alpha value is -1.64. The summed E-state index contributed by atoms with van der Waals surface area (Å²) in [5, 5.41) is 0.694. The van der Waals surface area contributed by atoms with Crippen LogP contribution >= 0.6 is 0 Å². The highest BCUT2D eigenvalue weighted by Gasteiger charge is 2.02. The third kappa shape index (κ3) is 1.31. The van der Waals surface area contributed by atoms with Gasteiger partial charge in [0.15, 0.2) is 5.43 Å². The molecule has 0 unspecified atom stereocenters. The average Bonchev–Trinajstić information content (AvgIpc) is 2.18. The van der Waals surface area contributed by atoms with E-state index in [4.69, 9.17) is 0 Å². The van der Waals surface area contributed by atoms with Gasteiger partial charge in [0.1, 0.15) is 5.65 Å². The summed E-state index contributed by atoms with van der Waals surface area (Å²) in [4.78, 5) is 15.9. The van der Waals surface area contributed by atoms with Crippen molar-refractivity contribution in [1.29, 1.82) is 0 Å². The van der Waals surface area contributed by atoms with Gasteiger partial charge < -0.3 is 4.57 Å². The van der Waals surface area contributed by atoms with Crippen LogP contribution in [0.3, 0.4) is 0 Å². The predicted octanol–water partition coefficient (Wildman–Crippen LogP) is 1.72. The van der Waals surface area contributed by atoms with Gasteiger partial charge >= 0.3 is 0 Å². The smallest absolute Gasteiger partial charge is 0.191 e. The van der Waals surface area contributed by atoms with E-state index in [-0.39, 0.29) is 5.43 Å². The van der Waals surface area contributed by atoms with Crippen molar-refractivity contribution in [3.63, 3.8) is 0 Å². The highest BCUT2D eigenvalue weighted by molar-refractivity contribution is 5.74. The highest BCUT2D eigenvalue weighted by atomic mass is 16.1. The molecule has 0 radical (unpaired) electrons. The molecular formula is C11H12N2O. The zero-order valence-electron chi connectivity index (χ0n) is 8.32. The summed E-state index contributed by atoms with van der Waals surface area (Å²) in [5.74, 6) is 0. The lowest BCUT2D eigenvalue weighted by Crippen LogP contribution is -2.08. The fraction of sp³-hybridized carbons (Fsp3) is 0.273. The minimum Gasteiger partial charge on any atom is -0.333 e. The van der Waals surface area contributed by atoms with Crippen molar-refractivity contribution in [2.75, 3.05) is 0 Å². The molecule has 0 aliphatic carbocycles. The van der Waals surface area contributed by atoms with Crippen LogP contribution < -0.4 is 5.43 Å². The van der Waals surface area contributed by atoms with E-state index in [9.17, 15) is 4.79 Å². The van der Waals surface area contributed by atoms with Gasteiger partial charge in [0.05, 0.1) is 5.39 Å². The predicted molar refractivity (Wildman–Crippen MR) is 56.4 cm³/mol. The zero-order valence-corrected chi connectivity index (χ0v) is 8.32. The highest BCUT2D eigenvalue weighted by Crippen LogP contribution is 2.07. The summed E-state index contributed by atoms with van der Waals surface area (Å²) in [6.45, 7) is 4.79. The SMILES string of the molecule is CCn1ccc(=O)c2ccc(C)nc21. The molecule has 0 amide bonds. The van der Waals surface area contributed by atoms with Crippen LogP contribution in [0.1, 0.15) is 12.6 Å². The van der Waals surface area contributed by atoms with Gasteiger partial charge in [-0.1, -0.05) is 0 Å². The van der Waals surface area contributed by atoms with E-state index in [1.807, 2.05) is 30.5 Å². The fourth-order valence-electron chi connectivity index (χ4n) is 1.53. The number of hydrogen-bond donors (Lipinski definition) is 0. The third-order valence-corrected chi connectivity index (χ3v) is 2.30. The van der Waals surface area contributed by atoms with Gasteiger partial charge in [-0.05, 0) is 26.0 Å². The average molecular weight is 188 g/mol. The molecule has 0 fully saturated rings. The second-order valence-electron chi connectivity index (χ2n) is 3.29. The molecule has 2 aromatic rings. The first-order chi connectivity index (χ1) is 6.72. The summed E-state index contributed by atoms with van der Waals surface area (Å²) in [6.07, 6.45) is 1.79. The maximum Gasteiger partial charge on any atom is 0.191 e. The lowest BCUT2D eigenvalue weighted by atomic mass is 10.2. The third-order valence-electron chi connectivity index (χ3n) is 2.30. The molecule has 0 aromatic carbocycles.